The molecule has 0 atom stereocenters. The summed E-state index contributed by atoms with van der Waals surface area (Å²) >= 11 is 0. The van der Waals surface area contributed by atoms with Gasteiger partial charge in [-0.3, -0.25) is 0 Å². The Morgan fingerprint density at radius 3 is 2.80 bits per heavy atom. The van der Waals surface area contributed by atoms with E-state index < -0.39 is 0 Å². The molecule has 1 fully saturated rings. The van der Waals surface area contributed by atoms with E-state index in [1.54, 1.807) is 17.1 Å². The van der Waals surface area contributed by atoms with Gasteiger partial charge >= 0.3 is 6.03 Å². The Morgan fingerprint density at radius 2 is 2.33 bits per heavy atom. The van der Waals surface area contributed by atoms with Crippen molar-refractivity contribution in [2.24, 2.45) is 13.0 Å². The van der Waals surface area contributed by atoms with Crippen molar-refractivity contribution in [1.82, 2.24) is 9.47 Å². The van der Waals surface area contributed by atoms with Crippen LogP contribution in [0.4, 0.5) is 4.79 Å². The summed E-state index contributed by atoms with van der Waals surface area (Å²) in [6, 6.07) is 0.0579. The normalized spacial score (nSPS) is 16.1. The number of rotatable bonds is 2. The minimum atomic E-state index is 0.0579. The standard InChI is InChI=1S/C11H18N3O/c1-12-6-7-14(9-12)11(15)13(2)8-10-4-3-5-10/h6-7,9-10H,3-5,8H2,1-2H3/q+1. The van der Waals surface area contributed by atoms with E-state index in [-0.39, 0.29) is 6.03 Å². The van der Waals surface area contributed by atoms with Gasteiger partial charge in [-0.2, -0.15) is 4.57 Å². The van der Waals surface area contributed by atoms with Crippen molar-refractivity contribution in [2.45, 2.75) is 19.3 Å². The summed E-state index contributed by atoms with van der Waals surface area (Å²) in [5, 5.41) is 0. The van der Waals surface area contributed by atoms with Crippen LogP contribution in [0.5, 0.6) is 0 Å². The van der Waals surface area contributed by atoms with Gasteiger partial charge in [0.1, 0.15) is 12.4 Å². The maximum Gasteiger partial charge on any atom is 0.415 e. The minimum absolute atomic E-state index is 0.0579. The maximum absolute atomic E-state index is 11.9. The molecule has 1 saturated carbocycles. The molecule has 82 valence electrons. The molecule has 1 aliphatic rings. The van der Waals surface area contributed by atoms with Crippen molar-refractivity contribution < 1.29 is 9.36 Å². The van der Waals surface area contributed by atoms with Crippen molar-refractivity contribution in [3.63, 3.8) is 0 Å². The lowest BCUT2D eigenvalue weighted by Crippen LogP contribution is -2.37. The molecule has 1 aromatic rings. The topological polar surface area (TPSA) is 29.1 Å². The monoisotopic (exact) mass is 208 g/mol. The molecule has 0 radical (unpaired) electrons. The summed E-state index contributed by atoms with van der Waals surface area (Å²) in [5.74, 6) is 0.725. The van der Waals surface area contributed by atoms with E-state index in [2.05, 4.69) is 0 Å². The van der Waals surface area contributed by atoms with Crippen LogP contribution in [0, 0.1) is 5.92 Å². The zero-order valence-corrected chi connectivity index (χ0v) is 9.39. The lowest BCUT2D eigenvalue weighted by molar-refractivity contribution is -0.670. The van der Waals surface area contributed by atoms with Crippen LogP contribution in [0.1, 0.15) is 19.3 Å². The Labute approximate surface area is 90.1 Å². The van der Waals surface area contributed by atoms with Gasteiger partial charge in [-0.05, 0) is 18.8 Å². The van der Waals surface area contributed by atoms with E-state index >= 15 is 0 Å². The molecule has 0 N–H and O–H groups in total. The predicted molar refractivity (Wildman–Crippen MR) is 56.4 cm³/mol. The largest absolute Gasteiger partial charge is 0.415 e. The van der Waals surface area contributed by atoms with Crippen molar-refractivity contribution in [2.75, 3.05) is 13.6 Å². The molecule has 0 bridgehead atoms. The highest BCUT2D eigenvalue weighted by atomic mass is 16.2. The van der Waals surface area contributed by atoms with Crippen LogP contribution in [0.2, 0.25) is 0 Å². The van der Waals surface area contributed by atoms with Gasteiger partial charge < -0.3 is 4.90 Å². The number of aryl methyl sites for hydroxylation is 1. The van der Waals surface area contributed by atoms with Crippen molar-refractivity contribution in [3.05, 3.63) is 18.7 Å². The Kier molecular flexibility index (Phi) is 2.75. The fraction of sp³-hybridized carbons (Fsp3) is 0.636. The highest BCUT2D eigenvalue weighted by molar-refractivity contribution is 5.76. The second kappa shape index (κ2) is 4.04. The Morgan fingerprint density at radius 1 is 1.60 bits per heavy atom. The molecule has 2 rings (SSSR count). The lowest BCUT2D eigenvalue weighted by atomic mass is 9.85. The average Bonchev–Trinajstić information content (AvgIpc) is 2.56. The smallest absolute Gasteiger partial charge is 0.307 e. The van der Waals surface area contributed by atoms with Crippen LogP contribution >= 0.6 is 0 Å². The van der Waals surface area contributed by atoms with Gasteiger partial charge in [0.25, 0.3) is 6.33 Å². The molecule has 0 spiro atoms. The van der Waals surface area contributed by atoms with E-state index in [1.165, 1.54) is 19.3 Å². The molecule has 15 heavy (non-hydrogen) atoms. The summed E-state index contributed by atoms with van der Waals surface area (Å²) in [6.07, 6.45) is 9.33. The number of aromatic nitrogens is 2. The first-order valence-corrected chi connectivity index (χ1v) is 5.45. The van der Waals surface area contributed by atoms with E-state index in [4.69, 9.17) is 0 Å². The number of carbonyl (C=O) groups excluding carboxylic acids is 1. The van der Waals surface area contributed by atoms with Crippen LogP contribution in [0.3, 0.4) is 0 Å². The van der Waals surface area contributed by atoms with Crippen LogP contribution in [0.25, 0.3) is 0 Å². The van der Waals surface area contributed by atoms with Gasteiger partial charge in [0, 0.05) is 13.6 Å². The Hall–Kier alpha value is -1.32. The van der Waals surface area contributed by atoms with Gasteiger partial charge in [-0.15, -0.1) is 0 Å². The molecule has 1 amide bonds. The van der Waals surface area contributed by atoms with Gasteiger partial charge in [-0.1, -0.05) is 6.42 Å². The third kappa shape index (κ3) is 2.19. The van der Waals surface area contributed by atoms with E-state index in [1.807, 2.05) is 29.8 Å². The van der Waals surface area contributed by atoms with E-state index in [9.17, 15) is 4.79 Å². The number of hydrogen-bond donors (Lipinski definition) is 0. The molecule has 0 unspecified atom stereocenters. The third-order valence-electron chi connectivity index (χ3n) is 3.07. The quantitative estimate of drug-likeness (QED) is 0.667. The molecule has 0 aliphatic heterocycles. The summed E-state index contributed by atoms with van der Waals surface area (Å²) < 4.78 is 3.49. The summed E-state index contributed by atoms with van der Waals surface area (Å²) in [6.45, 7) is 0.890. The number of imidazole rings is 1. The SMILES string of the molecule is CN(CC1CCC1)C(=O)n1cc[n+](C)c1. The predicted octanol–water partition coefficient (Wildman–Crippen LogP) is 1.01. The minimum Gasteiger partial charge on any atom is -0.307 e. The second-order valence-electron chi connectivity index (χ2n) is 4.45. The highest BCUT2D eigenvalue weighted by Gasteiger charge is 2.24. The Balaban J connectivity index is 1.94. The number of hydrogen-bond acceptors (Lipinski definition) is 1. The van der Waals surface area contributed by atoms with Crippen molar-refractivity contribution >= 4 is 6.03 Å². The van der Waals surface area contributed by atoms with Crippen LogP contribution in [-0.2, 0) is 7.05 Å². The molecule has 1 heterocycles. The van der Waals surface area contributed by atoms with Crippen LogP contribution < -0.4 is 4.57 Å². The molecule has 0 saturated heterocycles. The van der Waals surface area contributed by atoms with Gasteiger partial charge in [0.2, 0.25) is 0 Å². The van der Waals surface area contributed by atoms with Crippen LogP contribution in [0.15, 0.2) is 18.7 Å². The summed E-state index contributed by atoms with van der Waals surface area (Å²) in [4.78, 5) is 13.7. The zero-order valence-electron chi connectivity index (χ0n) is 9.39. The molecule has 0 aromatic carbocycles. The van der Waals surface area contributed by atoms with E-state index in [0.29, 0.717) is 0 Å². The highest BCUT2D eigenvalue weighted by Crippen LogP contribution is 2.26. The molecular formula is C11H18N3O+. The molecule has 4 heteroatoms. The molecule has 1 aliphatic carbocycles. The number of amides is 1. The van der Waals surface area contributed by atoms with Gasteiger partial charge in [-0.25, -0.2) is 9.36 Å². The molecular weight excluding hydrogens is 190 g/mol. The third-order valence-corrected chi connectivity index (χ3v) is 3.07. The number of carbonyl (C=O) groups is 1. The van der Waals surface area contributed by atoms with Crippen molar-refractivity contribution in [1.29, 1.82) is 0 Å². The van der Waals surface area contributed by atoms with Gasteiger partial charge in [0.05, 0.1) is 7.05 Å². The fourth-order valence-electron chi connectivity index (χ4n) is 1.90. The first kappa shape index (κ1) is 10.2. The number of nitrogens with zero attached hydrogens (tertiary/aromatic N) is 3. The second-order valence-corrected chi connectivity index (χ2v) is 4.45. The first-order chi connectivity index (χ1) is 7.16. The van der Waals surface area contributed by atoms with E-state index in [0.717, 1.165) is 12.5 Å². The lowest BCUT2D eigenvalue weighted by Gasteiger charge is -2.28. The summed E-state index contributed by atoms with van der Waals surface area (Å²) in [5.41, 5.74) is 0. The molecule has 4 nitrogen and oxygen atoms in total. The molecule has 1 aromatic heterocycles. The summed E-state index contributed by atoms with van der Waals surface area (Å²) in [7, 11) is 3.79. The zero-order chi connectivity index (χ0) is 10.8. The Bertz CT molecular complexity index is 354. The first-order valence-electron chi connectivity index (χ1n) is 5.45. The van der Waals surface area contributed by atoms with Crippen LogP contribution in [-0.4, -0.2) is 29.1 Å². The average molecular weight is 208 g/mol. The fourth-order valence-corrected chi connectivity index (χ4v) is 1.90. The van der Waals surface area contributed by atoms with Crippen molar-refractivity contribution in [3.8, 4) is 0 Å². The van der Waals surface area contributed by atoms with Gasteiger partial charge in [0.15, 0.2) is 0 Å². The maximum atomic E-state index is 11.9.